The first-order valence-electron chi connectivity index (χ1n) is 7.59. The van der Waals surface area contributed by atoms with Gasteiger partial charge >= 0.3 is 0 Å². The first-order valence-corrected chi connectivity index (χ1v) is 9.39. The minimum atomic E-state index is -0.0925. The van der Waals surface area contributed by atoms with Crippen LogP contribution in [0.1, 0.15) is 16.3 Å². The molecule has 0 atom stereocenters. The van der Waals surface area contributed by atoms with E-state index in [4.69, 9.17) is 0 Å². The molecule has 1 N–H and O–H groups in total. The molecule has 25 heavy (non-hydrogen) atoms. The first-order chi connectivity index (χ1) is 12.1. The Labute approximate surface area is 151 Å². The van der Waals surface area contributed by atoms with Gasteiger partial charge in [0, 0.05) is 4.88 Å². The minimum Gasteiger partial charge on any atom is -0.309 e. The van der Waals surface area contributed by atoms with Crippen molar-refractivity contribution in [3.05, 3.63) is 57.0 Å². The van der Waals surface area contributed by atoms with Gasteiger partial charge in [0.15, 0.2) is 0 Å². The quantitative estimate of drug-likeness (QED) is 0.556. The summed E-state index contributed by atoms with van der Waals surface area (Å²) in [5.74, 6) is 1.10. The fourth-order valence-electron chi connectivity index (χ4n) is 2.50. The molecule has 4 rings (SSSR count). The third kappa shape index (κ3) is 2.96. The maximum atomic E-state index is 12.3. The largest absolute Gasteiger partial charge is 0.309 e. The van der Waals surface area contributed by atoms with Crippen molar-refractivity contribution in [1.29, 1.82) is 0 Å². The van der Waals surface area contributed by atoms with Crippen molar-refractivity contribution >= 4 is 33.3 Å². The fraction of sp³-hybridized carbons (Fsp3) is 0.188. The topological polar surface area (TPSA) is 89.3 Å². The number of aryl methyl sites for hydroxylation is 2. The smallest absolute Gasteiger partial charge is 0.259 e. The molecule has 0 aliphatic heterocycles. The second-order valence-corrected chi connectivity index (χ2v) is 7.62. The molecule has 0 saturated carbocycles. The number of aromatic nitrogens is 6. The molecule has 0 radical (unpaired) electrons. The molecule has 126 valence electrons. The summed E-state index contributed by atoms with van der Waals surface area (Å²) in [6.07, 6.45) is 0. The normalized spacial score (nSPS) is 11.3. The summed E-state index contributed by atoms with van der Waals surface area (Å²) in [6.45, 7) is 3.96. The van der Waals surface area contributed by atoms with Crippen molar-refractivity contribution in [1.82, 2.24) is 30.2 Å². The molecule has 0 spiro atoms. The Bertz CT molecular complexity index is 1100. The number of nitrogens with one attached hydrogen (secondary N) is 1. The van der Waals surface area contributed by atoms with Crippen LogP contribution in [-0.4, -0.2) is 30.2 Å². The van der Waals surface area contributed by atoms with Crippen LogP contribution in [0.2, 0.25) is 0 Å². The van der Waals surface area contributed by atoms with Crippen molar-refractivity contribution < 1.29 is 0 Å². The van der Waals surface area contributed by atoms with Crippen molar-refractivity contribution in [2.75, 3.05) is 0 Å². The second kappa shape index (κ2) is 6.41. The van der Waals surface area contributed by atoms with Crippen LogP contribution in [0.4, 0.5) is 0 Å². The van der Waals surface area contributed by atoms with Crippen LogP contribution in [0, 0.1) is 13.8 Å². The lowest BCUT2D eigenvalue weighted by molar-refractivity contribution is 0.756. The standard InChI is InChI=1S/C16H14N6OS2/c1-9-10(2)25-15-13(9)14(23)17-12(18-15)8-24-16-19-20-21-22(16)11-6-4-3-5-7-11/h3-7H,8H2,1-2H3,(H,17,18,23). The van der Waals surface area contributed by atoms with Crippen molar-refractivity contribution in [3.8, 4) is 5.69 Å². The van der Waals surface area contributed by atoms with Gasteiger partial charge in [-0.15, -0.1) is 16.4 Å². The first kappa shape index (κ1) is 16.0. The van der Waals surface area contributed by atoms with E-state index < -0.39 is 0 Å². The van der Waals surface area contributed by atoms with E-state index in [-0.39, 0.29) is 5.56 Å². The number of hydrogen-bond donors (Lipinski definition) is 1. The van der Waals surface area contributed by atoms with E-state index in [9.17, 15) is 4.79 Å². The lowest BCUT2D eigenvalue weighted by atomic mass is 10.2. The molecular weight excluding hydrogens is 356 g/mol. The van der Waals surface area contributed by atoms with Crippen LogP contribution in [0.25, 0.3) is 15.9 Å². The van der Waals surface area contributed by atoms with E-state index in [1.165, 1.54) is 11.8 Å². The highest BCUT2D eigenvalue weighted by Gasteiger charge is 2.14. The number of para-hydroxylation sites is 1. The Morgan fingerprint density at radius 3 is 2.84 bits per heavy atom. The van der Waals surface area contributed by atoms with E-state index in [1.807, 2.05) is 44.2 Å². The summed E-state index contributed by atoms with van der Waals surface area (Å²) in [5.41, 5.74) is 1.79. The Morgan fingerprint density at radius 2 is 2.04 bits per heavy atom. The molecule has 0 unspecified atom stereocenters. The van der Waals surface area contributed by atoms with Gasteiger partial charge in [-0.05, 0) is 42.0 Å². The summed E-state index contributed by atoms with van der Waals surface area (Å²) in [6, 6.07) is 9.67. The van der Waals surface area contributed by atoms with E-state index in [1.54, 1.807) is 16.0 Å². The van der Waals surface area contributed by atoms with Crippen LogP contribution < -0.4 is 5.56 Å². The Morgan fingerprint density at radius 1 is 1.24 bits per heavy atom. The zero-order valence-electron chi connectivity index (χ0n) is 13.6. The minimum absolute atomic E-state index is 0.0925. The molecule has 9 heteroatoms. The van der Waals surface area contributed by atoms with Gasteiger partial charge in [0.2, 0.25) is 5.16 Å². The van der Waals surface area contributed by atoms with Crippen LogP contribution in [0.15, 0.2) is 40.3 Å². The van der Waals surface area contributed by atoms with Gasteiger partial charge in [-0.25, -0.2) is 4.98 Å². The van der Waals surface area contributed by atoms with Gasteiger partial charge in [-0.2, -0.15) is 4.68 Å². The summed E-state index contributed by atoms with van der Waals surface area (Å²) < 4.78 is 1.67. The molecule has 0 aliphatic carbocycles. The van der Waals surface area contributed by atoms with Gasteiger partial charge in [-0.3, -0.25) is 4.79 Å². The Balaban J connectivity index is 1.62. The molecule has 7 nitrogen and oxygen atoms in total. The predicted octanol–water partition coefficient (Wildman–Crippen LogP) is 2.87. The lowest BCUT2D eigenvalue weighted by Gasteiger charge is -2.04. The fourth-order valence-corrected chi connectivity index (χ4v) is 4.31. The molecule has 0 amide bonds. The lowest BCUT2D eigenvalue weighted by Crippen LogP contribution is -2.11. The molecule has 0 bridgehead atoms. The second-order valence-electron chi connectivity index (χ2n) is 5.47. The van der Waals surface area contributed by atoms with Crippen molar-refractivity contribution in [3.63, 3.8) is 0 Å². The highest BCUT2D eigenvalue weighted by atomic mass is 32.2. The number of hydrogen-bond acceptors (Lipinski definition) is 7. The summed E-state index contributed by atoms with van der Waals surface area (Å²) >= 11 is 2.97. The number of nitrogens with zero attached hydrogens (tertiary/aromatic N) is 5. The highest BCUT2D eigenvalue weighted by Crippen LogP contribution is 2.27. The number of thioether (sulfide) groups is 1. The van der Waals surface area contributed by atoms with Crippen LogP contribution in [0.3, 0.4) is 0 Å². The van der Waals surface area contributed by atoms with Gasteiger partial charge in [0.05, 0.1) is 16.8 Å². The molecule has 3 heterocycles. The molecule has 3 aromatic heterocycles. The van der Waals surface area contributed by atoms with E-state index >= 15 is 0 Å². The molecule has 4 aromatic rings. The number of fused-ring (bicyclic) bond motifs is 1. The zero-order chi connectivity index (χ0) is 17.4. The maximum Gasteiger partial charge on any atom is 0.259 e. The van der Waals surface area contributed by atoms with Gasteiger partial charge in [0.25, 0.3) is 5.56 Å². The summed E-state index contributed by atoms with van der Waals surface area (Å²) in [7, 11) is 0. The van der Waals surface area contributed by atoms with E-state index in [0.29, 0.717) is 22.1 Å². The van der Waals surface area contributed by atoms with Crippen molar-refractivity contribution in [2.45, 2.75) is 24.8 Å². The van der Waals surface area contributed by atoms with Gasteiger partial charge in [-0.1, -0.05) is 30.0 Å². The number of H-pyrrole nitrogens is 1. The van der Waals surface area contributed by atoms with Crippen molar-refractivity contribution in [2.24, 2.45) is 0 Å². The number of thiophene rings is 1. The van der Waals surface area contributed by atoms with Gasteiger partial charge in [0.1, 0.15) is 10.7 Å². The van der Waals surface area contributed by atoms with E-state index in [2.05, 4.69) is 25.5 Å². The highest BCUT2D eigenvalue weighted by molar-refractivity contribution is 7.98. The zero-order valence-corrected chi connectivity index (χ0v) is 15.2. The molecule has 0 fully saturated rings. The van der Waals surface area contributed by atoms with Gasteiger partial charge < -0.3 is 4.98 Å². The number of tetrazole rings is 1. The van der Waals surface area contributed by atoms with Crippen LogP contribution in [0.5, 0.6) is 0 Å². The predicted molar refractivity (Wildman–Crippen MR) is 98.4 cm³/mol. The average Bonchev–Trinajstić information content (AvgIpc) is 3.19. The molecule has 1 aromatic carbocycles. The summed E-state index contributed by atoms with van der Waals surface area (Å²) in [4.78, 5) is 21.7. The third-order valence-corrected chi connectivity index (χ3v) is 5.90. The third-order valence-electron chi connectivity index (χ3n) is 3.87. The molecule has 0 saturated heterocycles. The molecule has 0 aliphatic rings. The average molecular weight is 370 g/mol. The van der Waals surface area contributed by atoms with Crippen LogP contribution in [-0.2, 0) is 5.75 Å². The van der Waals surface area contributed by atoms with E-state index in [0.717, 1.165) is 21.0 Å². The number of aromatic amines is 1. The van der Waals surface area contributed by atoms with Crippen LogP contribution >= 0.6 is 23.1 Å². The maximum absolute atomic E-state index is 12.3. The number of benzene rings is 1. The Hall–Kier alpha value is -2.52. The number of rotatable bonds is 4. The SMILES string of the molecule is Cc1sc2nc(CSc3nnnn3-c3ccccc3)[nH]c(=O)c2c1C. The summed E-state index contributed by atoms with van der Waals surface area (Å²) in [5, 5.41) is 13.2. The monoisotopic (exact) mass is 370 g/mol. The Kier molecular flexibility index (Phi) is 4.10. The molecular formula is C16H14N6OS2.